The third-order valence-corrected chi connectivity index (χ3v) is 2.61. The van der Waals surface area contributed by atoms with E-state index in [1.54, 1.807) is 6.92 Å². The molecule has 3 N–H and O–H groups in total. The van der Waals surface area contributed by atoms with Crippen LogP contribution < -0.4 is 5.73 Å². The van der Waals surface area contributed by atoms with Gasteiger partial charge in [0.2, 0.25) is 0 Å². The van der Waals surface area contributed by atoms with Crippen molar-refractivity contribution in [2.45, 2.75) is 13.3 Å². The van der Waals surface area contributed by atoms with Crippen LogP contribution in [0.5, 0.6) is 0 Å². The fourth-order valence-electron chi connectivity index (χ4n) is 1.81. The molecular formula is C12H11FN2O2. The molecule has 0 radical (unpaired) electrons. The van der Waals surface area contributed by atoms with Crippen molar-refractivity contribution in [3.63, 3.8) is 0 Å². The molecule has 0 amide bonds. The number of nitrogens with zero attached hydrogens (tertiary/aromatic N) is 1. The number of nitrogen functional groups attached to an aromatic ring is 1. The molecule has 1 heterocycles. The van der Waals surface area contributed by atoms with Gasteiger partial charge < -0.3 is 10.8 Å². The smallest absolute Gasteiger partial charge is 0.339 e. The molecule has 2 aromatic rings. The van der Waals surface area contributed by atoms with Crippen molar-refractivity contribution in [1.82, 2.24) is 4.98 Å². The van der Waals surface area contributed by atoms with Gasteiger partial charge in [-0.05, 0) is 18.6 Å². The average Bonchev–Trinajstić information content (AvgIpc) is 2.27. The average molecular weight is 234 g/mol. The van der Waals surface area contributed by atoms with Crippen molar-refractivity contribution in [3.8, 4) is 0 Å². The Hall–Kier alpha value is -2.17. The number of hydrogen-bond donors (Lipinski definition) is 2. The van der Waals surface area contributed by atoms with Crippen LogP contribution in [-0.4, -0.2) is 16.1 Å². The number of aromatic carboxylic acids is 1. The zero-order valence-electron chi connectivity index (χ0n) is 9.20. The number of carboxylic acid groups (broad SMARTS) is 1. The molecule has 0 aliphatic carbocycles. The van der Waals surface area contributed by atoms with Crippen LogP contribution >= 0.6 is 0 Å². The topological polar surface area (TPSA) is 76.2 Å². The number of benzene rings is 1. The number of hydrogen-bond acceptors (Lipinski definition) is 3. The van der Waals surface area contributed by atoms with Crippen LogP contribution in [-0.2, 0) is 6.42 Å². The summed E-state index contributed by atoms with van der Waals surface area (Å²) in [6, 6.07) is 3.92. The van der Waals surface area contributed by atoms with Crippen molar-refractivity contribution < 1.29 is 14.3 Å². The minimum Gasteiger partial charge on any atom is -0.478 e. The molecule has 0 atom stereocenters. The SMILES string of the molecule is CCc1nc2cc(F)ccc2c(N)c1C(=O)O. The van der Waals surface area contributed by atoms with E-state index < -0.39 is 11.8 Å². The van der Waals surface area contributed by atoms with Crippen molar-refractivity contribution >= 4 is 22.6 Å². The normalized spacial score (nSPS) is 10.7. The Morgan fingerprint density at radius 1 is 1.53 bits per heavy atom. The number of carbonyl (C=O) groups is 1. The molecule has 0 bridgehead atoms. The van der Waals surface area contributed by atoms with Crippen molar-refractivity contribution in [1.29, 1.82) is 0 Å². The summed E-state index contributed by atoms with van der Waals surface area (Å²) in [5.41, 5.74) is 6.70. The Balaban J connectivity index is 2.87. The van der Waals surface area contributed by atoms with Gasteiger partial charge in [-0.1, -0.05) is 6.92 Å². The minimum absolute atomic E-state index is 0.00612. The number of carboxylic acids is 1. The number of anilines is 1. The predicted octanol–water partition coefficient (Wildman–Crippen LogP) is 2.22. The number of halogens is 1. The summed E-state index contributed by atoms with van der Waals surface area (Å²) >= 11 is 0. The van der Waals surface area contributed by atoms with Crippen LogP contribution in [0.4, 0.5) is 10.1 Å². The van der Waals surface area contributed by atoms with E-state index in [2.05, 4.69) is 4.98 Å². The van der Waals surface area contributed by atoms with Gasteiger partial charge in [0.1, 0.15) is 11.4 Å². The highest BCUT2D eigenvalue weighted by Gasteiger charge is 2.17. The Morgan fingerprint density at radius 3 is 2.82 bits per heavy atom. The van der Waals surface area contributed by atoms with Gasteiger partial charge in [0.05, 0.1) is 16.9 Å². The fourth-order valence-corrected chi connectivity index (χ4v) is 1.81. The highest BCUT2D eigenvalue weighted by atomic mass is 19.1. The molecule has 0 saturated heterocycles. The van der Waals surface area contributed by atoms with E-state index in [1.807, 2.05) is 0 Å². The highest BCUT2D eigenvalue weighted by molar-refractivity contribution is 6.04. The zero-order chi connectivity index (χ0) is 12.6. The van der Waals surface area contributed by atoms with Gasteiger partial charge in [-0.25, -0.2) is 9.18 Å². The van der Waals surface area contributed by atoms with Crippen LogP contribution in [0, 0.1) is 5.82 Å². The monoisotopic (exact) mass is 234 g/mol. The molecule has 0 unspecified atom stereocenters. The van der Waals surface area contributed by atoms with Crippen molar-refractivity contribution in [3.05, 3.63) is 35.3 Å². The Labute approximate surface area is 96.9 Å². The molecule has 17 heavy (non-hydrogen) atoms. The zero-order valence-corrected chi connectivity index (χ0v) is 9.20. The summed E-state index contributed by atoms with van der Waals surface area (Å²) in [6.07, 6.45) is 0.429. The highest BCUT2D eigenvalue weighted by Crippen LogP contribution is 2.26. The van der Waals surface area contributed by atoms with E-state index in [9.17, 15) is 9.18 Å². The molecule has 1 aromatic carbocycles. The first-order chi connectivity index (χ1) is 8.04. The summed E-state index contributed by atoms with van der Waals surface area (Å²) in [5, 5.41) is 9.56. The van der Waals surface area contributed by atoms with E-state index in [0.717, 1.165) is 0 Å². The quantitative estimate of drug-likeness (QED) is 0.835. The number of rotatable bonds is 2. The first-order valence-electron chi connectivity index (χ1n) is 5.15. The van der Waals surface area contributed by atoms with Gasteiger partial charge in [0, 0.05) is 11.5 Å². The van der Waals surface area contributed by atoms with E-state index in [-0.39, 0.29) is 11.3 Å². The van der Waals surface area contributed by atoms with Gasteiger partial charge in [-0.2, -0.15) is 0 Å². The Morgan fingerprint density at radius 2 is 2.24 bits per heavy atom. The summed E-state index contributed by atoms with van der Waals surface area (Å²) in [7, 11) is 0. The largest absolute Gasteiger partial charge is 0.478 e. The van der Waals surface area contributed by atoms with Crippen molar-refractivity contribution in [2.24, 2.45) is 0 Å². The summed E-state index contributed by atoms with van der Waals surface area (Å²) < 4.78 is 13.1. The first-order valence-corrected chi connectivity index (χ1v) is 5.15. The fraction of sp³-hybridized carbons (Fsp3) is 0.167. The maximum absolute atomic E-state index is 13.1. The molecule has 5 heteroatoms. The van der Waals surface area contributed by atoms with Crippen LogP contribution in [0.3, 0.4) is 0 Å². The van der Waals surface area contributed by atoms with E-state index >= 15 is 0 Å². The number of nitrogens with two attached hydrogens (primary N) is 1. The Kier molecular flexibility index (Phi) is 2.67. The van der Waals surface area contributed by atoms with Crippen LogP contribution in [0.1, 0.15) is 23.0 Å². The van der Waals surface area contributed by atoms with Gasteiger partial charge in [-0.15, -0.1) is 0 Å². The summed E-state index contributed by atoms with van der Waals surface area (Å²) in [4.78, 5) is 15.3. The maximum Gasteiger partial charge on any atom is 0.339 e. The molecule has 88 valence electrons. The van der Waals surface area contributed by atoms with Gasteiger partial charge >= 0.3 is 5.97 Å². The molecule has 0 spiro atoms. The maximum atomic E-state index is 13.1. The van der Waals surface area contributed by atoms with Gasteiger partial charge in [0.15, 0.2) is 0 Å². The lowest BCUT2D eigenvalue weighted by Crippen LogP contribution is -2.09. The second-order valence-corrected chi connectivity index (χ2v) is 3.67. The standard InChI is InChI=1S/C12H11FN2O2/c1-2-8-10(12(16)17)11(14)7-4-3-6(13)5-9(7)15-8/h3-5H,2H2,1H3,(H2,14,15)(H,16,17). The Bertz CT molecular complexity index is 611. The number of aromatic nitrogens is 1. The molecular weight excluding hydrogens is 223 g/mol. The lowest BCUT2D eigenvalue weighted by atomic mass is 10.0. The van der Waals surface area contributed by atoms with Crippen LogP contribution in [0.15, 0.2) is 18.2 Å². The predicted molar refractivity (Wildman–Crippen MR) is 62.5 cm³/mol. The molecule has 0 fully saturated rings. The molecule has 0 saturated carbocycles. The molecule has 4 nitrogen and oxygen atoms in total. The number of aryl methyl sites for hydroxylation is 1. The summed E-state index contributed by atoms with van der Waals surface area (Å²) in [5.74, 6) is -1.53. The van der Waals surface area contributed by atoms with Crippen LogP contribution in [0.2, 0.25) is 0 Å². The molecule has 2 rings (SSSR count). The van der Waals surface area contributed by atoms with Gasteiger partial charge in [-0.3, -0.25) is 4.98 Å². The number of pyridine rings is 1. The second-order valence-electron chi connectivity index (χ2n) is 3.67. The number of fused-ring (bicyclic) bond motifs is 1. The molecule has 0 aliphatic heterocycles. The second kappa shape index (κ2) is 4.01. The molecule has 0 aliphatic rings. The lowest BCUT2D eigenvalue weighted by Gasteiger charge is -2.10. The van der Waals surface area contributed by atoms with E-state index in [0.29, 0.717) is 23.0 Å². The third kappa shape index (κ3) is 1.80. The van der Waals surface area contributed by atoms with E-state index in [1.165, 1.54) is 18.2 Å². The third-order valence-electron chi connectivity index (χ3n) is 2.61. The lowest BCUT2D eigenvalue weighted by molar-refractivity contribution is 0.0696. The minimum atomic E-state index is -1.11. The van der Waals surface area contributed by atoms with Crippen LogP contribution in [0.25, 0.3) is 10.9 Å². The summed E-state index contributed by atoms with van der Waals surface area (Å²) in [6.45, 7) is 1.78. The van der Waals surface area contributed by atoms with Gasteiger partial charge in [0.25, 0.3) is 0 Å². The molecule has 1 aromatic heterocycles. The van der Waals surface area contributed by atoms with E-state index in [4.69, 9.17) is 10.8 Å². The first kappa shape index (κ1) is 11.3. The van der Waals surface area contributed by atoms with Crippen molar-refractivity contribution in [2.75, 3.05) is 5.73 Å².